The van der Waals surface area contributed by atoms with Crippen LogP contribution in [-0.4, -0.2) is 38.8 Å². The van der Waals surface area contributed by atoms with E-state index in [-0.39, 0.29) is 5.91 Å². The van der Waals surface area contributed by atoms with E-state index in [1.54, 1.807) is 7.11 Å². The quantitative estimate of drug-likeness (QED) is 0.639. The van der Waals surface area contributed by atoms with Crippen molar-refractivity contribution >= 4 is 5.91 Å². The van der Waals surface area contributed by atoms with Gasteiger partial charge in [-0.3, -0.25) is 4.79 Å². The van der Waals surface area contributed by atoms with Gasteiger partial charge in [-0.05, 0) is 12.8 Å². The van der Waals surface area contributed by atoms with Crippen molar-refractivity contribution < 1.29 is 9.53 Å². The Morgan fingerprint density at radius 2 is 2.07 bits per heavy atom. The van der Waals surface area contributed by atoms with Crippen LogP contribution in [0, 0.1) is 0 Å². The second kappa shape index (κ2) is 7.65. The number of carbonyl (C=O) groups excluding carboxylic acids is 1. The largest absolute Gasteiger partial charge is 0.383 e. The zero-order valence-corrected chi connectivity index (χ0v) is 9.55. The minimum Gasteiger partial charge on any atom is -0.383 e. The van der Waals surface area contributed by atoms with Crippen LogP contribution >= 0.6 is 0 Å². The lowest BCUT2D eigenvalue weighted by Gasteiger charge is -2.22. The van der Waals surface area contributed by atoms with Crippen LogP contribution in [0.2, 0.25) is 0 Å². The third-order valence-corrected chi connectivity index (χ3v) is 2.78. The van der Waals surface area contributed by atoms with E-state index in [1.165, 1.54) is 32.1 Å². The molecule has 0 aliphatic heterocycles. The Morgan fingerprint density at radius 3 is 2.73 bits per heavy atom. The maximum atomic E-state index is 11.3. The third-order valence-electron chi connectivity index (χ3n) is 2.78. The predicted molar refractivity (Wildman–Crippen MR) is 59.8 cm³/mol. The Bertz CT molecular complexity index is 179. The van der Waals surface area contributed by atoms with Crippen molar-refractivity contribution in [2.24, 2.45) is 0 Å². The van der Waals surface area contributed by atoms with Gasteiger partial charge in [0.15, 0.2) is 0 Å². The summed E-state index contributed by atoms with van der Waals surface area (Å²) in [5.74, 6) is 0.0672. The zero-order chi connectivity index (χ0) is 10.9. The summed E-state index contributed by atoms with van der Waals surface area (Å²) in [4.78, 5) is 11.3. The van der Waals surface area contributed by atoms with Crippen LogP contribution in [0.15, 0.2) is 0 Å². The summed E-state index contributed by atoms with van der Waals surface area (Å²) >= 11 is 0. The van der Waals surface area contributed by atoms with Crippen molar-refractivity contribution in [2.75, 3.05) is 26.8 Å². The first-order chi connectivity index (χ1) is 7.33. The summed E-state index contributed by atoms with van der Waals surface area (Å²) in [6.45, 7) is 1.62. The first-order valence-corrected chi connectivity index (χ1v) is 5.82. The fraction of sp³-hybridized carbons (Fsp3) is 0.909. The van der Waals surface area contributed by atoms with Gasteiger partial charge in [-0.1, -0.05) is 19.3 Å². The van der Waals surface area contributed by atoms with E-state index in [0.717, 1.165) is 0 Å². The van der Waals surface area contributed by atoms with Crippen LogP contribution in [0.4, 0.5) is 0 Å². The first-order valence-electron chi connectivity index (χ1n) is 5.82. The van der Waals surface area contributed by atoms with Crippen molar-refractivity contribution in [2.45, 2.75) is 38.1 Å². The second-order valence-corrected chi connectivity index (χ2v) is 4.06. The van der Waals surface area contributed by atoms with Gasteiger partial charge in [0, 0.05) is 19.7 Å². The Balaban J connectivity index is 2.00. The highest BCUT2D eigenvalue weighted by Gasteiger charge is 2.13. The van der Waals surface area contributed by atoms with Gasteiger partial charge in [-0.2, -0.15) is 0 Å². The predicted octanol–water partition coefficient (Wildman–Crippen LogP) is 0.671. The van der Waals surface area contributed by atoms with Crippen molar-refractivity contribution in [3.8, 4) is 0 Å². The molecule has 1 rings (SSSR count). The van der Waals surface area contributed by atoms with Crippen LogP contribution in [-0.2, 0) is 9.53 Å². The Morgan fingerprint density at radius 1 is 1.33 bits per heavy atom. The summed E-state index contributed by atoms with van der Waals surface area (Å²) in [6, 6.07) is 0.548. The lowest BCUT2D eigenvalue weighted by atomic mass is 9.95. The highest BCUT2D eigenvalue weighted by Crippen LogP contribution is 2.16. The normalized spacial score (nSPS) is 17.7. The summed E-state index contributed by atoms with van der Waals surface area (Å²) in [5, 5.41) is 6.09. The average molecular weight is 214 g/mol. The standard InChI is InChI=1S/C11H22N2O2/c1-15-8-7-12-11(14)9-13-10-5-3-2-4-6-10/h10,13H,2-9H2,1H3,(H,12,14). The van der Waals surface area contributed by atoms with Gasteiger partial charge in [-0.15, -0.1) is 0 Å². The monoisotopic (exact) mass is 214 g/mol. The molecule has 0 radical (unpaired) electrons. The molecule has 1 fully saturated rings. The molecule has 4 nitrogen and oxygen atoms in total. The smallest absolute Gasteiger partial charge is 0.234 e. The maximum Gasteiger partial charge on any atom is 0.234 e. The van der Waals surface area contributed by atoms with Gasteiger partial charge >= 0.3 is 0 Å². The minimum absolute atomic E-state index is 0.0672. The van der Waals surface area contributed by atoms with Gasteiger partial charge < -0.3 is 15.4 Å². The van der Waals surface area contributed by atoms with Crippen LogP contribution in [0.1, 0.15) is 32.1 Å². The molecule has 1 aliphatic rings. The highest BCUT2D eigenvalue weighted by atomic mass is 16.5. The Labute approximate surface area is 91.8 Å². The second-order valence-electron chi connectivity index (χ2n) is 4.06. The SMILES string of the molecule is COCCNC(=O)CNC1CCCCC1. The average Bonchev–Trinajstić information content (AvgIpc) is 2.28. The zero-order valence-electron chi connectivity index (χ0n) is 9.55. The maximum absolute atomic E-state index is 11.3. The molecule has 0 aromatic rings. The van der Waals surface area contributed by atoms with Crippen LogP contribution in [0.25, 0.3) is 0 Å². The lowest BCUT2D eigenvalue weighted by Crippen LogP contribution is -2.40. The Hall–Kier alpha value is -0.610. The van der Waals surface area contributed by atoms with Gasteiger partial charge in [0.05, 0.1) is 13.2 Å². The fourth-order valence-corrected chi connectivity index (χ4v) is 1.90. The number of carbonyl (C=O) groups is 1. The molecule has 0 unspecified atom stereocenters. The molecular formula is C11H22N2O2. The lowest BCUT2D eigenvalue weighted by molar-refractivity contribution is -0.120. The van der Waals surface area contributed by atoms with Gasteiger partial charge in [0.25, 0.3) is 0 Å². The summed E-state index contributed by atoms with van der Waals surface area (Å²) in [5.41, 5.74) is 0. The molecule has 2 N–H and O–H groups in total. The van der Waals surface area contributed by atoms with Gasteiger partial charge in [0.1, 0.15) is 0 Å². The van der Waals surface area contributed by atoms with Crippen molar-refractivity contribution in [3.05, 3.63) is 0 Å². The number of ether oxygens (including phenoxy) is 1. The molecular weight excluding hydrogens is 192 g/mol. The molecule has 1 amide bonds. The topological polar surface area (TPSA) is 50.4 Å². The first kappa shape index (κ1) is 12.5. The van der Waals surface area contributed by atoms with Gasteiger partial charge in [-0.25, -0.2) is 0 Å². The molecule has 0 bridgehead atoms. The summed E-state index contributed by atoms with van der Waals surface area (Å²) < 4.78 is 4.85. The molecule has 0 heterocycles. The fourth-order valence-electron chi connectivity index (χ4n) is 1.90. The molecule has 88 valence electrons. The minimum atomic E-state index is 0.0672. The van der Waals surface area contributed by atoms with Crippen LogP contribution in [0.3, 0.4) is 0 Å². The van der Waals surface area contributed by atoms with Crippen molar-refractivity contribution in [1.82, 2.24) is 10.6 Å². The molecule has 0 aromatic heterocycles. The molecule has 0 saturated heterocycles. The molecule has 0 atom stereocenters. The highest BCUT2D eigenvalue weighted by molar-refractivity contribution is 5.77. The number of rotatable bonds is 6. The number of nitrogens with one attached hydrogen (secondary N) is 2. The molecule has 4 heteroatoms. The third kappa shape index (κ3) is 5.74. The van der Waals surface area contributed by atoms with E-state index in [2.05, 4.69) is 10.6 Å². The van der Waals surface area contributed by atoms with Gasteiger partial charge in [0.2, 0.25) is 5.91 Å². The van der Waals surface area contributed by atoms with Crippen molar-refractivity contribution in [1.29, 1.82) is 0 Å². The number of methoxy groups -OCH3 is 1. The van der Waals surface area contributed by atoms with E-state index < -0.39 is 0 Å². The summed E-state index contributed by atoms with van der Waals surface area (Å²) in [6.07, 6.45) is 6.36. The molecule has 1 aliphatic carbocycles. The van der Waals surface area contributed by atoms with E-state index in [9.17, 15) is 4.79 Å². The van der Waals surface area contributed by atoms with E-state index >= 15 is 0 Å². The van der Waals surface area contributed by atoms with E-state index in [4.69, 9.17) is 4.74 Å². The summed E-state index contributed by atoms with van der Waals surface area (Å²) in [7, 11) is 1.63. The van der Waals surface area contributed by atoms with E-state index in [1.807, 2.05) is 0 Å². The van der Waals surface area contributed by atoms with Crippen LogP contribution in [0.5, 0.6) is 0 Å². The van der Waals surface area contributed by atoms with Crippen LogP contribution < -0.4 is 10.6 Å². The van der Waals surface area contributed by atoms with E-state index in [0.29, 0.717) is 25.7 Å². The Kier molecular flexibility index (Phi) is 6.36. The van der Waals surface area contributed by atoms with Crippen molar-refractivity contribution in [3.63, 3.8) is 0 Å². The molecule has 0 spiro atoms. The molecule has 0 aromatic carbocycles. The number of hydrogen-bond donors (Lipinski definition) is 2. The molecule has 15 heavy (non-hydrogen) atoms. The number of amides is 1. The molecule has 1 saturated carbocycles. The number of hydrogen-bond acceptors (Lipinski definition) is 3.